The molecule has 18 heavy (non-hydrogen) atoms. The second-order valence-corrected chi connectivity index (χ2v) is 4.38. The maximum absolute atomic E-state index is 12.8. The average molecular weight is 260 g/mol. The van der Waals surface area contributed by atoms with Crippen LogP contribution in [-0.2, 0) is 10.9 Å². The molecule has 3 nitrogen and oxygen atoms in total. The fourth-order valence-corrected chi connectivity index (χ4v) is 2.05. The SMILES string of the molecule is CC(Nc1ncccc1C(F)(F)F)C1CCCO1. The fourth-order valence-electron chi connectivity index (χ4n) is 2.05. The van der Waals surface area contributed by atoms with Gasteiger partial charge in [-0.2, -0.15) is 13.2 Å². The van der Waals surface area contributed by atoms with Crippen LogP contribution in [0.2, 0.25) is 0 Å². The van der Waals surface area contributed by atoms with Crippen LogP contribution in [0, 0.1) is 0 Å². The lowest BCUT2D eigenvalue weighted by molar-refractivity contribution is -0.137. The third-order valence-corrected chi connectivity index (χ3v) is 3.00. The quantitative estimate of drug-likeness (QED) is 0.906. The fraction of sp³-hybridized carbons (Fsp3) is 0.583. The molecule has 1 N–H and O–H groups in total. The first kappa shape index (κ1) is 13.1. The highest BCUT2D eigenvalue weighted by atomic mass is 19.4. The lowest BCUT2D eigenvalue weighted by Gasteiger charge is -2.22. The van der Waals surface area contributed by atoms with Crippen LogP contribution in [0.15, 0.2) is 18.3 Å². The van der Waals surface area contributed by atoms with Gasteiger partial charge < -0.3 is 10.1 Å². The molecule has 1 aromatic rings. The molecule has 1 fully saturated rings. The lowest BCUT2D eigenvalue weighted by Crippen LogP contribution is -2.31. The van der Waals surface area contributed by atoms with Crippen LogP contribution in [0.25, 0.3) is 0 Å². The van der Waals surface area contributed by atoms with E-state index in [2.05, 4.69) is 10.3 Å². The molecule has 6 heteroatoms. The van der Waals surface area contributed by atoms with Crippen LogP contribution >= 0.6 is 0 Å². The predicted octanol–water partition coefficient (Wildman–Crippen LogP) is 3.08. The van der Waals surface area contributed by atoms with Gasteiger partial charge in [0.1, 0.15) is 5.82 Å². The molecule has 0 amide bonds. The number of hydrogen-bond acceptors (Lipinski definition) is 3. The van der Waals surface area contributed by atoms with Gasteiger partial charge in [-0.05, 0) is 31.9 Å². The van der Waals surface area contributed by atoms with Crippen LogP contribution < -0.4 is 5.32 Å². The molecule has 1 aliphatic rings. The molecular weight excluding hydrogens is 245 g/mol. The van der Waals surface area contributed by atoms with E-state index in [9.17, 15) is 13.2 Å². The lowest BCUT2D eigenvalue weighted by atomic mass is 10.1. The van der Waals surface area contributed by atoms with Gasteiger partial charge in [0.15, 0.2) is 0 Å². The monoisotopic (exact) mass is 260 g/mol. The Morgan fingerprint density at radius 2 is 2.28 bits per heavy atom. The zero-order valence-corrected chi connectivity index (χ0v) is 10.00. The van der Waals surface area contributed by atoms with Gasteiger partial charge in [-0.3, -0.25) is 0 Å². The third-order valence-electron chi connectivity index (χ3n) is 3.00. The molecule has 100 valence electrons. The zero-order chi connectivity index (χ0) is 13.2. The van der Waals surface area contributed by atoms with E-state index >= 15 is 0 Å². The molecule has 1 aliphatic heterocycles. The van der Waals surface area contributed by atoms with Gasteiger partial charge in [0.25, 0.3) is 0 Å². The number of ether oxygens (including phenoxy) is 1. The second kappa shape index (κ2) is 5.14. The maximum atomic E-state index is 12.8. The smallest absolute Gasteiger partial charge is 0.376 e. The molecule has 0 aliphatic carbocycles. The summed E-state index contributed by atoms with van der Waals surface area (Å²) in [6, 6.07) is 2.12. The molecule has 2 rings (SSSR count). The van der Waals surface area contributed by atoms with Gasteiger partial charge in [-0.15, -0.1) is 0 Å². The Hall–Kier alpha value is -1.30. The van der Waals surface area contributed by atoms with E-state index in [-0.39, 0.29) is 18.0 Å². The Labute approximate surface area is 103 Å². The van der Waals surface area contributed by atoms with Crippen molar-refractivity contribution in [3.05, 3.63) is 23.9 Å². The van der Waals surface area contributed by atoms with E-state index in [1.54, 1.807) is 0 Å². The van der Waals surface area contributed by atoms with Gasteiger partial charge in [0.05, 0.1) is 17.7 Å². The van der Waals surface area contributed by atoms with Crippen molar-refractivity contribution >= 4 is 5.82 Å². The second-order valence-electron chi connectivity index (χ2n) is 4.38. The van der Waals surface area contributed by atoms with E-state index in [1.807, 2.05) is 6.92 Å². The third kappa shape index (κ3) is 2.93. The van der Waals surface area contributed by atoms with E-state index in [0.717, 1.165) is 18.9 Å². The average Bonchev–Trinajstić information content (AvgIpc) is 2.81. The van der Waals surface area contributed by atoms with Crippen LogP contribution in [0.1, 0.15) is 25.3 Å². The summed E-state index contributed by atoms with van der Waals surface area (Å²) in [6.07, 6.45) is -1.28. The number of halogens is 3. The molecule has 0 saturated carbocycles. The molecule has 2 atom stereocenters. The highest BCUT2D eigenvalue weighted by Gasteiger charge is 2.35. The van der Waals surface area contributed by atoms with E-state index < -0.39 is 11.7 Å². The molecule has 1 aromatic heterocycles. The molecular formula is C12H15F3N2O. The summed E-state index contributed by atoms with van der Waals surface area (Å²) in [5, 5.41) is 2.80. The summed E-state index contributed by atoms with van der Waals surface area (Å²) >= 11 is 0. The predicted molar refractivity (Wildman–Crippen MR) is 61.3 cm³/mol. The Kier molecular flexibility index (Phi) is 3.75. The van der Waals surface area contributed by atoms with Gasteiger partial charge in [0.2, 0.25) is 0 Å². The van der Waals surface area contributed by atoms with Crippen molar-refractivity contribution in [1.82, 2.24) is 4.98 Å². The van der Waals surface area contributed by atoms with Crippen molar-refractivity contribution in [2.45, 2.75) is 38.1 Å². The van der Waals surface area contributed by atoms with E-state index in [1.165, 1.54) is 12.3 Å². The first-order valence-corrected chi connectivity index (χ1v) is 5.89. The first-order chi connectivity index (χ1) is 8.48. The van der Waals surface area contributed by atoms with Crippen LogP contribution in [-0.4, -0.2) is 23.7 Å². The van der Waals surface area contributed by atoms with Gasteiger partial charge in [-0.25, -0.2) is 4.98 Å². The summed E-state index contributed by atoms with van der Waals surface area (Å²) in [7, 11) is 0. The number of alkyl halides is 3. The van der Waals surface area contributed by atoms with E-state index in [0.29, 0.717) is 6.61 Å². The largest absolute Gasteiger partial charge is 0.419 e. The van der Waals surface area contributed by atoms with Crippen LogP contribution in [0.4, 0.5) is 19.0 Å². The molecule has 2 unspecified atom stereocenters. The summed E-state index contributed by atoms with van der Waals surface area (Å²) in [5.74, 6) is -0.131. The van der Waals surface area contributed by atoms with Gasteiger partial charge in [-0.1, -0.05) is 0 Å². The van der Waals surface area contributed by atoms with Crippen LogP contribution in [0.5, 0.6) is 0 Å². The van der Waals surface area contributed by atoms with Gasteiger partial charge in [0, 0.05) is 12.8 Å². The van der Waals surface area contributed by atoms with Crippen molar-refractivity contribution in [2.24, 2.45) is 0 Å². The number of anilines is 1. The zero-order valence-electron chi connectivity index (χ0n) is 10.00. The van der Waals surface area contributed by atoms with Crippen molar-refractivity contribution in [2.75, 3.05) is 11.9 Å². The minimum absolute atomic E-state index is 0.0481. The number of pyridine rings is 1. The molecule has 2 heterocycles. The maximum Gasteiger partial charge on any atom is 0.419 e. The summed E-state index contributed by atoms with van der Waals surface area (Å²) < 4.78 is 43.7. The van der Waals surface area contributed by atoms with Crippen molar-refractivity contribution < 1.29 is 17.9 Å². The molecule has 0 spiro atoms. The minimum atomic E-state index is -4.40. The standard InChI is InChI=1S/C12H15F3N2O/c1-8(10-5-3-7-18-10)17-11-9(12(13,14)15)4-2-6-16-11/h2,4,6,8,10H,3,5,7H2,1H3,(H,16,17). The summed E-state index contributed by atoms with van der Waals surface area (Å²) in [5.41, 5.74) is -0.741. The highest BCUT2D eigenvalue weighted by Crippen LogP contribution is 2.34. The topological polar surface area (TPSA) is 34.2 Å². The molecule has 0 aromatic carbocycles. The minimum Gasteiger partial charge on any atom is -0.376 e. The van der Waals surface area contributed by atoms with Gasteiger partial charge >= 0.3 is 6.18 Å². The summed E-state index contributed by atoms with van der Waals surface area (Å²) in [6.45, 7) is 2.48. The molecule has 1 saturated heterocycles. The highest BCUT2D eigenvalue weighted by molar-refractivity contribution is 5.46. The summed E-state index contributed by atoms with van der Waals surface area (Å²) in [4.78, 5) is 3.77. The first-order valence-electron chi connectivity index (χ1n) is 5.89. The normalized spacial score (nSPS) is 21.9. The molecule has 0 bridgehead atoms. The molecule has 0 radical (unpaired) electrons. The van der Waals surface area contributed by atoms with Crippen molar-refractivity contribution in [3.63, 3.8) is 0 Å². The number of rotatable bonds is 3. The number of nitrogens with zero attached hydrogens (tertiary/aromatic N) is 1. The van der Waals surface area contributed by atoms with E-state index in [4.69, 9.17) is 4.74 Å². The Morgan fingerprint density at radius 3 is 2.89 bits per heavy atom. The number of aromatic nitrogens is 1. The number of hydrogen-bond donors (Lipinski definition) is 1. The van der Waals surface area contributed by atoms with Crippen molar-refractivity contribution in [3.8, 4) is 0 Å². The van der Waals surface area contributed by atoms with Crippen LogP contribution in [0.3, 0.4) is 0 Å². The Balaban J connectivity index is 2.13. The Bertz CT molecular complexity index is 403. The van der Waals surface area contributed by atoms with Crippen molar-refractivity contribution in [1.29, 1.82) is 0 Å². The number of nitrogens with one attached hydrogen (secondary N) is 1. The Morgan fingerprint density at radius 1 is 1.50 bits per heavy atom.